The van der Waals surface area contributed by atoms with Gasteiger partial charge in [-0.3, -0.25) is 0 Å². The van der Waals surface area contributed by atoms with E-state index in [1.165, 1.54) is 41.2 Å². The van der Waals surface area contributed by atoms with Crippen LogP contribution in [0.5, 0.6) is 0 Å². The maximum absolute atomic E-state index is 6.23. The van der Waals surface area contributed by atoms with Gasteiger partial charge in [-0.2, -0.15) is 14.6 Å². The number of rotatable bonds is 2. The standard InChI is InChI=1S/C20H23ClN6/c1-14-6-7-15(21)12-18(14)25-8-10-26(11-9-25)19-16-4-2-3-5-17(16)24-20-22-13-23-27(19)20/h6-7,12-13H,2-5,8-11H2,1H3. The summed E-state index contributed by atoms with van der Waals surface area (Å²) in [6, 6.07) is 6.14. The van der Waals surface area contributed by atoms with Crippen LogP contribution in [0, 0.1) is 6.92 Å². The summed E-state index contributed by atoms with van der Waals surface area (Å²) in [5.41, 5.74) is 5.09. The first kappa shape index (κ1) is 16.8. The molecule has 2 aromatic heterocycles. The topological polar surface area (TPSA) is 49.6 Å². The fourth-order valence-electron chi connectivity index (χ4n) is 4.37. The van der Waals surface area contributed by atoms with Crippen molar-refractivity contribution in [1.82, 2.24) is 19.6 Å². The Hall–Kier alpha value is -2.34. The number of aryl methyl sites for hydroxylation is 2. The van der Waals surface area contributed by atoms with Crippen LogP contribution in [0.4, 0.5) is 11.5 Å². The molecule has 0 amide bonds. The largest absolute Gasteiger partial charge is 0.368 e. The normalized spacial score (nSPS) is 17.4. The molecule has 0 radical (unpaired) electrons. The van der Waals surface area contributed by atoms with Crippen molar-refractivity contribution in [2.24, 2.45) is 0 Å². The molecule has 1 fully saturated rings. The van der Waals surface area contributed by atoms with Crippen molar-refractivity contribution in [2.45, 2.75) is 32.6 Å². The molecule has 27 heavy (non-hydrogen) atoms. The van der Waals surface area contributed by atoms with Crippen LogP contribution in [0.25, 0.3) is 5.78 Å². The molecule has 1 saturated heterocycles. The molecule has 6 nitrogen and oxygen atoms in total. The summed E-state index contributed by atoms with van der Waals surface area (Å²) in [5.74, 6) is 1.92. The van der Waals surface area contributed by atoms with Crippen LogP contribution in [0.1, 0.15) is 29.7 Å². The fraction of sp³-hybridized carbons (Fsp3) is 0.450. The summed E-state index contributed by atoms with van der Waals surface area (Å²) in [6.45, 7) is 5.99. The highest BCUT2D eigenvalue weighted by Crippen LogP contribution is 2.31. The third-order valence-electron chi connectivity index (χ3n) is 5.77. The van der Waals surface area contributed by atoms with E-state index in [1.54, 1.807) is 6.33 Å². The molecule has 0 bridgehead atoms. The second-order valence-corrected chi connectivity index (χ2v) is 7.88. The summed E-state index contributed by atoms with van der Waals surface area (Å²) in [4.78, 5) is 14.0. The number of anilines is 2. The lowest BCUT2D eigenvalue weighted by atomic mass is 9.96. The van der Waals surface area contributed by atoms with Gasteiger partial charge in [0, 0.05) is 42.5 Å². The second kappa shape index (κ2) is 6.68. The van der Waals surface area contributed by atoms with Gasteiger partial charge in [0.1, 0.15) is 12.1 Å². The van der Waals surface area contributed by atoms with Gasteiger partial charge >= 0.3 is 0 Å². The van der Waals surface area contributed by atoms with Crippen LogP contribution >= 0.6 is 11.6 Å². The average Bonchev–Trinajstić information content (AvgIpc) is 3.16. The van der Waals surface area contributed by atoms with Crippen molar-refractivity contribution < 1.29 is 0 Å². The van der Waals surface area contributed by atoms with Gasteiger partial charge in [0.25, 0.3) is 5.78 Å². The zero-order valence-electron chi connectivity index (χ0n) is 15.5. The fourth-order valence-corrected chi connectivity index (χ4v) is 4.54. The summed E-state index contributed by atoms with van der Waals surface area (Å²) in [6.07, 6.45) is 6.19. The minimum atomic E-state index is 0.721. The van der Waals surface area contributed by atoms with E-state index in [0.29, 0.717) is 0 Å². The Kier molecular flexibility index (Phi) is 4.16. The van der Waals surface area contributed by atoms with Crippen molar-refractivity contribution in [3.05, 3.63) is 46.4 Å². The Bertz CT molecular complexity index is 990. The summed E-state index contributed by atoms with van der Waals surface area (Å²) in [5, 5.41) is 5.27. The van der Waals surface area contributed by atoms with Gasteiger partial charge in [-0.1, -0.05) is 17.7 Å². The maximum atomic E-state index is 6.23. The first-order chi connectivity index (χ1) is 13.2. The number of piperazine rings is 1. The van der Waals surface area contributed by atoms with Gasteiger partial charge in [0.15, 0.2) is 0 Å². The molecule has 0 saturated carbocycles. The highest BCUT2D eigenvalue weighted by molar-refractivity contribution is 6.30. The average molecular weight is 383 g/mol. The maximum Gasteiger partial charge on any atom is 0.254 e. The van der Waals surface area contributed by atoms with Crippen molar-refractivity contribution in [3.63, 3.8) is 0 Å². The van der Waals surface area contributed by atoms with Crippen LogP contribution in [0.3, 0.4) is 0 Å². The molecule has 7 heteroatoms. The van der Waals surface area contributed by atoms with Crippen LogP contribution < -0.4 is 9.80 Å². The Labute approximate surface area is 163 Å². The Morgan fingerprint density at radius 2 is 1.78 bits per heavy atom. The van der Waals surface area contributed by atoms with Crippen molar-refractivity contribution in [2.75, 3.05) is 36.0 Å². The predicted octanol–water partition coefficient (Wildman–Crippen LogP) is 3.29. The summed E-state index contributed by atoms with van der Waals surface area (Å²) >= 11 is 6.23. The molecule has 5 rings (SSSR count). The minimum absolute atomic E-state index is 0.721. The number of aromatic nitrogens is 4. The van der Waals surface area contributed by atoms with Crippen LogP contribution in [0.2, 0.25) is 5.02 Å². The Balaban J connectivity index is 1.46. The van der Waals surface area contributed by atoms with Gasteiger partial charge in [0.2, 0.25) is 0 Å². The molecular formula is C20H23ClN6. The van der Waals surface area contributed by atoms with E-state index in [0.717, 1.165) is 49.8 Å². The van der Waals surface area contributed by atoms with Crippen molar-refractivity contribution >= 4 is 28.9 Å². The highest BCUT2D eigenvalue weighted by Gasteiger charge is 2.26. The number of nitrogens with zero attached hydrogens (tertiary/aromatic N) is 6. The molecular weight excluding hydrogens is 360 g/mol. The lowest BCUT2D eigenvalue weighted by Crippen LogP contribution is -2.48. The third kappa shape index (κ3) is 2.92. The number of halogens is 1. The zero-order chi connectivity index (χ0) is 18.4. The summed E-state index contributed by atoms with van der Waals surface area (Å²) in [7, 11) is 0. The van der Waals surface area contributed by atoms with Gasteiger partial charge in [-0.15, -0.1) is 0 Å². The second-order valence-electron chi connectivity index (χ2n) is 7.44. The van der Waals surface area contributed by atoms with Gasteiger partial charge in [-0.05, 0) is 50.3 Å². The molecule has 2 aliphatic rings. The third-order valence-corrected chi connectivity index (χ3v) is 6.00. The molecule has 0 atom stereocenters. The molecule has 0 spiro atoms. The van der Waals surface area contributed by atoms with Gasteiger partial charge < -0.3 is 9.80 Å². The minimum Gasteiger partial charge on any atom is -0.368 e. The van der Waals surface area contributed by atoms with Crippen molar-refractivity contribution in [1.29, 1.82) is 0 Å². The quantitative estimate of drug-likeness (QED) is 0.680. The smallest absolute Gasteiger partial charge is 0.254 e. The van der Waals surface area contributed by atoms with E-state index < -0.39 is 0 Å². The Morgan fingerprint density at radius 1 is 1.00 bits per heavy atom. The molecule has 140 valence electrons. The van der Waals surface area contributed by atoms with E-state index in [-0.39, 0.29) is 0 Å². The van der Waals surface area contributed by atoms with Crippen LogP contribution in [-0.2, 0) is 12.8 Å². The zero-order valence-corrected chi connectivity index (χ0v) is 16.3. The number of hydrogen-bond acceptors (Lipinski definition) is 5. The summed E-state index contributed by atoms with van der Waals surface area (Å²) < 4.78 is 1.93. The Morgan fingerprint density at radius 3 is 2.63 bits per heavy atom. The van der Waals surface area contributed by atoms with Gasteiger partial charge in [0.05, 0.1) is 5.69 Å². The lowest BCUT2D eigenvalue weighted by molar-refractivity contribution is 0.614. The molecule has 1 aliphatic carbocycles. The molecule has 1 aromatic carbocycles. The van der Waals surface area contributed by atoms with E-state index in [2.05, 4.69) is 38.9 Å². The first-order valence-electron chi connectivity index (χ1n) is 9.68. The highest BCUT2D eigenvalue weighted by atomic mass is 35.5. The molecule has 0 unspecified atom stereocenters. The van der Waals surface area contributed by atoms with E-state index in [1.807, 2.05) is 10.6 Å². The number of fused-ring (bicyclic) bond motifs is 2. The van der Waals surface area contributed by atoms with Gasteiger partial charge in [-0.25, -0.2) is 4.98 Å². The molecule has 3 aromatic rings. The first-order valence-corrected chi connectivity index (χ1v) is 10.1. The number of hydrogen-bond donors (Lipinski definition) is 0. The van der Waals surface area contributed by atoms with E-state index in [9.17, 15) is 0 Å². The monoisotopic (exact) mass is 382 g/mol. The van der Waals surface area contributed by atoms with E-state index >= 15 is 0 Å². The van der Waals surface area contributed by atoms with Crippen molar-refractivity contribution in [3.8, 4) is 0 Å². The molecule has 3 heterocycles. The SMILES string of the molecule is Cc1ccc(Cl)cc1N1CCN(c2c3c(nc4ncnn24)CCCC3)CC1. The molecule has 0 N–H and O–H groups in total. The predicted molar refractivity (Wildman–Crippen MR) is 108 cm³/mol. The number of benzene rings is 1. The van der Waals surface area contributed by atoms with Crippen LogP contribution in [0.15, 0.2) is 24.5 Å². The molecule has 1 aliphatic heterocycles. The lowest BCUT2D eigenvalue weighted by Gasteiger charge is -2.39. The van der Waals surface area contributed by atoms with E-state index in [4.69, 9.17) is 16.6 Å². The van der Waals surface area contributed by atoms with Crippen LogP contribution in [-0.4, -0.2) is 45.8 Å².